The van der Waals surface area contributed by atoms with Gasteiger partial charge in [-0.05, 0) is 24.6 Å². The van der Waals surface area contributed by atoms with Crippen molar-refractivity contribution in [1.82, 2.24) is 15.1 Å². The minimum atomic E-state index is -0.400. The standard InChI is InChI=1S/C17H22FN3O2.ClH/c1-11-10-21(8-7-19-11)17(23)14-9-15(22)20(2)16(14)12-3-5-13(18)6-4-12;/h3-6,11,14,16,19H,7-10H2,1-2H3;1H/t11-,14?,16?;/m1./s1. The van der Waals surface area contributed by atoms with Crippen LogP contribution in [0.2, 0.25) is 0 Å². The molecule has 0 spiro atoms. The van der Waals surface area contributed by atoms with Crippen LogP contribution in [0.25, 0.3) is 0 Å². The van der Waals surface area contributed by atoms with E-state index in [1.807, 2.05) is 11.8 Å². The van der Waals surface area contributed by atoms with Gasteiger partial charge in [0.15, 0.2) is 0 Å². The molecule has 0 radical (unpaired) electrons. The highest BCUT2D eigenvalue weighted by Gasteiger charge is 2.44. The summed E-state index contributed by atoms with van der Waals surface area (Å²) in [5.41, 5.74) is 0.807. The van der Waals surface area contributed by atoms with E-state index in [1.54, 1.807) is 24.1 Å². The molecule has 24 heavy (non-hydrogen) atoms. The summed E-state index contributed by atoms with van der Waals surface area (Å²) in [5, 5.41) is 3.31. The number of hydrogen-bond donors (Lipinski definition) is 1. The van der Waals surface area contributed by atoms with Gasteiger partial charge in [0.25, 0.3) is 0 Å². The van der Waals surface area contributed by atoms with E-state index >= 15 is 0 Å². The minimum absolute atomic E-state index is 0. The smallest absolute Gasteiger partial charge is 0.228 e. The fourth-order valence-corrected chi connectivity index (χ4v) is 3.57. The van der Waals surface area contributed by atoms with Gasteiger partial charge in [0.1, 0.15) is 5.82 Å². The van der Waals surface area contributed by atoms with Crippen molar-refractivity contribution in [1.29, 1.82) is 0 Å². The Morgan fingerprint density at radius 1 is 1.29 bits per heavy atom. The number of nitrogens with zero attached hydrogens (tertiary/aromatic N) is 2. The molecule has 132 valence electrons. The largest absolute Gasteiger partial charge is 0.340 e. The number of amides is 2. The molecule has 5 nitrogen and oxygen atoms in total. The average Bonchev–Trinajstić information content (AvgIpc) is 2.83. The molecule has 2 fully saturated rings. The lowest BCUT2D eigenvalue weighted by Crippen LogP contribution is -2.53. The van der Waals surface area contributed by atoms with E-state index in [9.17, 15) is 14.0 Å². The van der Waals surface area contributed by atoms with E-state index in [0.29, 0.717) is 13.1 Å². The zero-order valence-corrected chi connectivity index (χ0v) is 14.7. The second-order valence-electron chi connectivity index (χ2n) is 6.45. The molecular weight excluding hydrogens is 333 g/mol. The zero-order valence-electron chi connectivity index (χ0n) is 13.9. The first-order chi connectivity index (χ1) is 11.0. The van der Waals surface area contributed by atoms with Crippen LogP contribution in [0.4, 0.5) is 4.39 Å². The third-order valence-electron chi connectivity index (χ3n) is 4.80. The summed E-state index contributed by atoms with van der Waals surface area (Å²) in [6, 6.07) is 6.01. The van der Waals surface area contributed by atoms with Crippen molar-refractivity contribution in [3.05, 3.63) is 35.6 Å². The molecule has 3 atom stereocenters. The van der Waals surface area contributed by atoms with Crippen LogP contribution in [-0.4, -0.2) is 54.3 Å². The summed E-state index contributed by atoms with van der Waals surface area (Å²) in [6.45, 7) is 4.13. The van der Waals surface area contributed by atoms with E-state index in [-0.39, 0.29) is 48.5 Å². The number of benzene rings is 1. The van der Waals surface area contributed by atoms with Crippen molar-refractivity contribution in [3.8, 4) is 0 Å². The third kappa shape index (κ3) is 3.54. The zero-order chi connectivity index (χ0) is 16.6. The van der Waals surface area contributed by atoms with Crippen LogP contribution in [-0.2, 0) is 9.59 Å². The second kappa shape index (κ2) is 7.49. The van der Waals surface area contributed by atoms with E-state index in [2.05, 4.69) is 5.32 Å². The van der Waals surface area contributed by atoms with Crippen LogP contribution in [0.3, 0.4) is 0 Å². The number of likely N-dealkylation sites (tertiary alicyclic amines) is 1. The molecule has 0 bridgehead atoms. The summed E-state index contributed by atoms with van der Waals surface area (Å²) >= 11 is 0. The summed E-state index contributed by atoms with van der Waals surface area (Å²) < 4.78 is 13.2. The van der Waals surface area contributed by atoms with E-state index < -0.39 is 5.92 Å². The summed E-state index contributed by atoms with van der Waals surface area (Å²) in [7, 11) is 1.71. The lowest BCUT2D eigenvalue weighted by atomic mass is 9.92. The summed E-state index contributed by atoms with van der Waals surface area (Å²) in [5.74, 6) is -0.742. The predicted octanol–water partition coefficient (Wildman–Crippen LogP) is 1.59. The number of rotatable bonds is 2. The molecule has 2 amide bonds. The molecule has 0 saturated carbocycles. The van der Waals surface area contributed by atoms with Crippen LogP contribution in [0.15, 0.2) is 24.3 Å². The summed E-state index contributed by atoms with van der Waals surface area (Å²) in [4.78, 5) is 28.5. The van der Waals surface area contributed by atoms with Crippen molar-refractivity contribution in [3.63, 3.8) is 0 Å². The Hall–Kier alpha value is -1.66. The van der Waals surface area contributed by atoms with Gasteiger partial charge in [0, 0.05) is 39.1 Å². The maximum atomic E-state index is 13.2. The number of halogens is 2. The van der Waals surface area contributed by atoms with Gasteiger partial charge < -0.3 is 15.1 Å². The van der Waals surface area contributed by atoms with Crippen LogP contribution in [0, 0.1) is 11.7 Å². The molecule has 2 aliphatic rings. The Balaban J connectivity index is 0.00000208. The van der Waals surface area contributed by atoms with Crippen molar-refractivity contribution in [2.75, 3.05) is 26.7 Å². The number of piperazine rings is 1. The van der Waals surface area contributed by atoms with Crippen LogP contribution < -0.4 is 5.32 Å². The van der Waals surface area contributed by atoms with Gasteiger partial charge in [-0.25, -0.2) is 4.39 Å². The molecule has 0 aliphatic carbocycles. The molecule has 2 aliphatic heterocycles. The van der Waals surface area contributed by atoms with Gasteiger partial charge in [-0.3, -0.25) is 9.59 Å². The normalized spacial score (nSPS) is 27.1. The Kier molecular flexibility index (Phi) is 5.83. The topological polar surface area (TPSA) is 52.7 Å². The molecule has 7 heteroatoms. The molecule has 2 saturated heterocycles. The quantitative estimate of drug-likeness (QED) is 0.876. The molecule has 1 aromatic carbocycles. The van der Waals surface area contributed by atoms with E-state index in [1.165, 1.54) is 12.1 Å². The maximum Gasteiger partial charge on any atom is 0.228 e. The fourth-order valence-electron chi connectivity index (χ4n) is 3.57. The van der Waals surface area contributed by atoms with Gasteiger partial charge in [-0.1, -0.05) is 12.1 Å². The number of carbonyl (C=O) groups is 2. The highest BCUT2D eigenvalue weighted by Crippen LogP contribution is 2.38. The molecule has 1 N–H and O–H groups in total. The number of nitrogens with one attached hydrogen (secondary N) is 1. The van der Waals surface area contributed by atoms with Gasteiger partial charge in [0.05, 0.1) is 12.0 Å². The average molecular weight is 356 g/mol. The predicted molar refractivity (Wildman–Crippen MR) is 91.3 cm³/mol. The first-order valence-corrected chi connectivity index (χ1v) is 8.00. The Bertz CT molecular complexity index is 610. The first kappa shape index (κ1) is 18.7. The lowest BCUT2D eigenvalue weighted by molar-refractivity contribution is -0.137. The molecule has 0 aromatic heterocycles. The Labute approximate surface area is 147 Å². The van der Waals surface area contributed by atoms with Crippen molar-refractivity contribution in [2.24, 2.45) is 5.92 Å². The highest BCUT2D eigenvalue weighted by molar-refractivity contribution is 5.90. The number of carbonyl (C=O) groups excluding carboxylic acids is 2. The van der Waals surface area contributed by atoms with Gasteiger partial charge in [-0.15, -0.1) is 12.4 Å². The van der Waals surface area contributed by atoms with Gasteiger partial charge in [0.2, 0.25) is 11.8 Å². The molecule has 1 aromatic rings. The van der Waals surface area contributed by atoms with Crippen LogP contribution in [0.1, 0.15) is 24.9 Å². The van der Waals surface area contributed by atoms with E-state index in [0.717, 1.165) is 12.1 Å². The van der Waals surface area contributed by atoms with Crippen molar-refractivity contribution in [2.45, 2.75) is 25.4 Å². The third-order valence-corrected chi connectivity index (χ3v) is 4.80. The van der Waals surface area contributed by atoms with Crippen molar-refractivity contribution < 1.29 is 14.0 Å². The van der Waals surface area contributed by atoms with Crippen molar-refractivity contribution >= 4 is 24.2 Å². The van der Waals surface area contributed by atoms with Crippen LogP contribution in [0.5, 0.6) is 0 Å². The van der Waals surface area contributed by atoms with Gasteiger partial charge >= 0.3 is 0 Å². The van der Waals surface area contributed by atoms with Crippen LogP contribution >= 0.6 is 12.4 Å². The maximum absolute atomic E-state index is 13.2. The lowest BCUT2D eigenvalue weighted by Gasteiger charge is -2.35. The molecule has 3 rings (SSSR count). The van der Waals surface area contributed by atoms with Gasteiger partial charge in [-0.2, -0.15) is 0 Å². The molecule has 2 heterocycles. The SMILES string of the molecule is C[C@@H]1CN(C(=O)C2CC(=O)N(C)C2c2ccc(F)cc2)CCN1.Cl. The highest BCUT2D eigenvalue weighted by atomic mass is 35.5. The van der Waals surface area contributed by atoms with E-state index in [4.69, 9.17) is 0 Å². The number of hydrogen-bond acceptors (Lipinski definition) is 3. The fraction of sp³-hybridized carbons (Fsp3) is 0.529. The minimum Gasteiger partial charge on any atom is -0.340 e. The summed E-state index contributed by atoms with van der Waals surface area (Å²) in [6.07, 6.45) is 0.218. The monoisotopic (exact) mass is 355 g/mol. The second-order valence-corrected chi connectivity index (χ2v) is 6.45. The molecular formula is C17H23ClFN3O2. The Morgan fingerprint density at radius 2 is 1.96 bits per heavy atom. The Morgan fingerprint density at radius 3 is 2.58 bits per heavy atom. The molecule has 2 unspecified atom stereocenters. The first-order valence-electron chi connectivity index (χ1n) is 8.00.